The van der Waals surface area contributed by atoms with Gasteiger partial charge in [0.05, 0.1) is 0 Å². The summed E-state index contributed by atoms with van der Waals surface area (Å²) < 4.78 is 24.4. The summed E-state index contributed by atoms with van der Waals surface area (Å²) in [7, 11) is 0. The van der Waals surface area contributed by atoms with Crippen LogP contribution in [-0.4, -0.2) is 18.4 Å². The average molecular weight is 159 g/mol. The molecule has 0 aliphatic rings. The van der Waals surface area contributed by atoms with Crippen molar-refractivity contribution in [2.45, 2.75) is 5.92 Å². The highest BCUT2D eigenvalue weighted by Crippen LogP contribution is 2.10. The molecular weight excluding hydrogens is 152 g/mol. The highest BCUT2D eigenvalue weighted by atomic mass is 19.3. The van der Waals surface area contributed by atoms with Gasteiger partial charge in [0.25, 0.3) is 0 Å². The van der Waals surface area contributed by atoms with Crippen LogP contribution in [0.4, 0.5) is 8.78 Å². The van der Waals surface area contributed by atoms with Crippen molar-refractivity contribution in [3.05, 3.63) is 12.7 Å². The fourth-order valence-electron chi connectivity index (χ4n) is 0.341. The lowest BCUT2D eigenvalue weighted by Gasteiger charge is -2.07. The molecule has 0 radical (unpaired) electrons. The number of halogens is 2. The number of rotatable bonds is 3. The molecule has 0 aliphatic carbocycles. The minimum atomic E-state index is -3.72. The topological polar surface area (TPSA) is 29.1 Å². The van der Waals surface area contributed by atoms with E-state index in [1.165, 1.54) is 6.08 Å². The molecule has 0 heterocycles. The van der Waals surface area contributed by atoms with Crippen LogP contribution in [0.1, 0.15) is 0 Å². The predicted octanol–water partition coefficient (Wildman–Crippen LogP) is 0.557. The summed E-state index contributed by atoms with van der Waals surface area (Å²) in [6.07, 6.45) is 5.67. The molecule has 0 unspecified atom stereocenters. The van der Waals surface area contributed by atoms with E-state index in [2.05, 4.69) is 13.0 Å². The maximum absolute atomic E-state index is 12.2. The number of alkyl halides is 2. The van der Waals surface area contributed by atoms with Gasteiger partial charge in [0.1, 0.15) is 0 Å². The Morgan fingerprint density at radius 2 is 2.36 bits per heavy atom. The summed E-state index contributed by atoms with van der Waals surface area (Å²) in [6, 6.07) is 0. The maximum atomic E-state index is 12.2. The average Bonchev–Trinajstić information content (AvgIpc) is 2.00. The number of hydrogen-bond donors (Lipinski definition) is 1. The fourth-order valence-corrected chi connectivity index (χ4v) is 0.341. The Balaban J connectivity index is 4.05. The van der Waals surface area contributed by atoms with Crippen molar-refractivity contribution in [1.82, 2.24) is 5.32 Å². The molecule has 0 bridgehead atoms. The van der Waals surface area contributed by atoms with Crippen molar-refractivity contribution in [2.24, 2.45) is 0 Å². The van der Waals surface area contributed by atoms with Crippen molar-refractivity contribution >= 4 is 5.91 Å². The third-order valence-electron chi connectivity index (χ3n) is 0.873. The Hall–Kier alpha value is -1.37. The second-order valence-electron chi connectivity index (χ2n) is 1.72. The van der Waals surface area contributed by atoms with E-state index in [4.69, 9.17) is 0 Å². The quantitative estimate of drug-likeness (QED) is 0.473. The predicted molar refractivity (Wildman–Crippen MR) is 37.0 cm³/mol. The van der Waals surface area contributed by atoms with Crippen LogP contribution in [0.25, 0.3) is 0 Å². The van der Waals surface area contributed by atoms with Gasteiger partial charge in [-0.3, -0.25) is 4.79 Å². The lowest BCUT2D eigenvalue weighted by molar-refractivity contribution is -0.138. The molecule has 0 saturated carbocycles. The minimum Gasteiger partial charge on any atom is -0.346 e. The molecule has 11 heavy (non-hydrogen) atoms. The van der Waals surface area contributed by atoms with E-state index in [-0.39, 0.29) is 6.54 Å². The molecule has 0 aliphatic heterocycles. The van der Waals surface area contributed by atoms with Gasteiger partial charge < -0.3 is 5.32 Å². The molecule has 0 rings (SSSR count). The molecule has 4 heteroatoms. The largest absolute Gasteiger partial charge is 0.384 e. The van der Waals surface area contributed by atoms with E-state index >= 15 is 0 Å². The van der Waals surface area contributed by atoms with Gasteiger partial charge in [-0.15, -0.1) is 13.0 Å². The summed E-state index contributed by atoms with van der Waals surface area (Å²) in [5.74, 6) is -4.12. The molecule has 0 aromatic carbocycles. The standard InChI is InChI=1S/C7H7F2NO/c1-3-5-10-6(11)7(8,9)4-2/h2-3H,1,5H2,(H,10,11). The van der Waals surface area contributed by atoms with Gasteiger partial charge in [-0.05, 0) is 5.92 Å². The van der Waals surface area contributed by atoms with Crippen molar-refractivity contribution in [1.29, 1.82) is 0 Å². The monoisotopic (exact) mass is 159 g/mol. The zero-order chi connectivity index (χ0) is 8.91. The van der Waals surface area contributed by atoms with E-state index in [1.54, 1.807) is 0 Å². The van der Waals surface area contributed by atoms with Gasteiger partial charge in [0, 0.05) is 6.54 Å². The molecular formula is C7H7F2NO. The van der Waals surface area contributed by atoms with Gasteiger partial charge in [-0.25, -0.2) is 0 Å². The normalized spacial score (nSPS) is 9.91. The third kappa shape index (κ3) is 2.80. The first-order valence-electron chi connectivity index (χ1n) is 2.79. The van der Waals surface area contributed by atoms with E-state index in [0.717, 1.165) is 5.92 Å². The van der Waals surface area contributed by atoms with Gasteiger partial charge >= 0.3 is 11.8 Å². The van der Waals surface area contributed by atoms with Crippen LogP contribution in [0, 0.1) is 12.3 Å². The number of amides is 1. The van der Waals surface area contributed by atoms with Gasteiger partial charge in [0.15, 0.2) is 0 Å². The summed E-state index contributed by atoms with van der Waals surface area (Å²) in [5.41, 5.74) is 0. The number of carbonyl (C=O) groups is 1. The van der Waals surface area contributed by atoms with Crippen LogP contribution < -0.4 is 5.32 Å². The number of terminal acetylenes is 1. The van der Waals surface area contributed by atoms with Crippen LogP contribution in [0.3, 0.4) is 0 Å². The number of nitrogens with one attached hydrogen (secondary N) is 1. The van der Waals surface area contributed by atoms with E-state index in [0.29, 0.717) is 0 Å². The smallest absolute Gasteiger partial charge is 0.346 e. The summed E-state index contributed by atoms with van der Waals surface area (Å²) in [6.45, 7) is 3.21. The molecule has 2 nitrogen and oxygen atoms in total. The first-order chi connectivity index (χ1) is 5.04. The van der Waals surface area contributed by atoms with Gasteiger partial charge in [-0.1, -0.05) is 6.08 Å². The van der Waals surface area contributed by atoms with E-state index < -0.39 is 11.8 Å². The van der Waals surface area contributed by atoms with Crippen molar-refractivity contribution < 1.29 is 13.6 Å². The molecule has 0 atom stereocenters. The second-order valence-corrected chi connectivity index (χ2v) is 1.72. The summed E-state index contributed by atoms with van der Waals surface area (Å²) in [5, 5.41) is 1.87. The molecule has 0 spiro atoms. The molecule has 0 aromatic heterocycles. The molecule has 0 aromatic rings. The Morgan fingerprint density at radius 3 is 2.73 bits per heavy atom. The molecule has 0 saturated heterocycles. The fraction of sp³-hybridized carbons (Fsp3) is 0.286. The Labute approximate surface area is 63.3 Å². The van der Waals surface area contributed by atoms with Crippen LogP contribution in [0.5, 0.6) is 0 Å². The summed E-state index contributed by atoms with van der Waals surface area (Å²) >= 11 is 0. The van der Waals surface area contributed by atoms with Crippen molar-refractivity contribution in [2.75, 3.05) is 6.54 Å². The zero-order valence-corrected chi connectivity index (χ0v) is 5.73. The zero-order valence-electron chi connectivity index (χ0n) is 5.73. The van der Waals surface area contributed by atoms with Crippen LogP contribution in [-0.2, 0) is 4.79 Å². The third-order valence-corrected chi connectivity index (χ3v) is 0.873. The van der Waals surface area contributed by atoms with E-state index in [1.807, 2.05) is 5.32 Å². The SMILES string of the molecule is C#CC(F)(F)C(=O)NCC=C. The number of carbonyl (C=O) groups excluding carboxylic acids is 1. The summed E-state index contributed by atoms with van der Waals surface area (Å²) in [4.78, 5) is 10.4. The maximum Gasteiger partial charge on any atom is 0.384 e. The molecule has 1 amide bonds. The van der Waals surface area contributed by atoms with Crippen molar-refractivity contribution in [3.8, 4) is 12.3 Å². The Morgan fingerprint density at radius 1 is 1.82 bits per heavy atom. The highest BCUT2D eigenvalue weighted by molar-refractivity contribution is 5.86. The Bertz CT molecular complexity index is 205. The lowest BCUT2D eigenvalue weighted by atomic mass is 10.3. The minimum absolute atomic E-state index is 0.0178. The van der Waals surface area contributed by atoms with Gasteiger partial charge in [-0.2, -0.15) is 8.78 Å². The van der Waals surface area contributed by atoms with Crippen LogP contribution >= 0.6 is 0 Å². The second kappa shape index (κ2) is 3.71. The Kier molecular flexibility index (Phi) is 3.25. The first-order valence-corrected chi connectivity index (χ1v) is 2.79. The first kappa shape index (κ1) is 9.63. The molecule has 1 N–H and O–H groups in total. The van der Waals surface area contributed by atoms with Crippen molar-refractivity contribution in [3.63, 3.8) is 0 Å². The highest BCUT2D eigenvalue weighted by Gasteiger charge is 2.35. The van der Waals surface area contributed by atoms with E-state index in [9.17, 15) is 13.6 Å². The molecule has 0 fully saturated rings. The lowest BCUT2D eigenvalue weighted by Crippen LogP contribution is -2.38. The molecule has 60 valence electrons. The van der Waals surface area contributed by atoms with Crippen LogP contribution in [0.2, 0.25) is 0 Å². The van der Waals surface area contributed by atoms with Crippen LogP contribution in [0.15, 0.2) is 12.7 Å². The number of hydrogen-bond acceptors (Lipinski definition) is 1. The van der Waals surface area contributed by atoms with Gasteiger partial charge in [0.2, 0.25) is 0 Å².